The van der Waals surface area contributed by atoms with Crippen molar-refractivity contribution in [2.75, 3.05) is 5.32 Å². The van der Waals surface area contributed by atoms with Gasteiger partial charge in [0, 0.05) is 11.9 Å². The Morgan fingerprint density at radius 3 is 2.65 bits per heavy atom. The first-order valence-corrected chi connectivity index (χ1v) is 6.34. The summed E-state index contributed by atoms with van der Waals surface area (Å²) in [6.45, 7) is 4.26. The van der Waals surface area contributed by atoms with Gasteiger partial charge in [0.25, 0.3) is 0 Å². The van der Waals surface area contributed by atoms with E-state index in [1.54, 1.807) is 18.5 Å². The van der Waals surface area contributed by atoms with Crippen LogP contribution in [-0.4, -0.2) is 26.0 Å². The van der Waals surface area contributed by atoms with Gasteiger partial charge in [-0.05, 0) is 25.5 Å². The first-order valence-electron chi connectivity index (χ1n) is 6.34. The molecule has 6 nitrogen and oxygen atoms in total. The second-order valence-corrected chi connectivity index (χ2v) is 4.39. The fourth-order valence-corrected chi connectivity index (χ4v) is 1.67. The summed E-state index contributed by atoms with van der Waals surface area (Å²) >= 11 is 0. The summed E-state index contributed by atoms with van der Waals surface area (Å²) in [5.74, 6) is -0.426. The van der Waals surface area contributed by atoms with E-state index >= 15 is 0 Å². The Bertz CT molecular complexity index is 611. The number of nitrogens with zero attached hydrogens (tertiary/aromatic N) is 3. The highest BCUT2D eigenvalue weighted by Gasteiger charge is 2.07. The zero-order valence-electron chi connectivity index (χ0n) is 11.4. The molecule has 2 N–H and O–H groups in total. The molecule has 0 aliphatic rings. The van der Waals surface area contributed by atoms with E-state index in [1.807, 2.05) is 13.8 Å². The monoisotopic (exact) mass is 272 g/mol. The van der Waals surface area contributed by atoms with Crippen LogP contribution in [0, 0.1) is 6.92 Å². The van der Waals surface area contributed by atoms with Crippen LogP contribution in [0.15, 0.2) is 24.5 Å². The Balaban J connectivity index is 2.14. The molecule has 0 atom stereocenters. The van der Waals surface area contributed by atoms with Crippen LogP contribution in [0.4, 0.5) is 5.82 Å². The van der Waals surface area contributed by atoms with E-state index in [1.165, 1.54) is 6.07 Å². The average molecular weight is 272 g/mol. The Morgan fingerprint density at radius 1 is 1.25 bits per heavy atom. The first-order chi connectivity index (χ1) is 9.58. The Labute approximate surface area is 116 Å². The van der Waals surface area contributed by atoms with Gasteiger partial charge in [0.15, 0.2) is 0 Å². The molecule has 0 radical (unpaired) electrons. The van der Waals surface area contributed by atoms with Crippen molar-refractivity contribution < 1.29 is 9.90 Å². The van der Waals surface area contributed by atoms with Crippen molar-refractivity contribution in [1.29, 1.82) is 0 Å². The second-order valence-electron chi connectivity index (χ2n) is 4.39. The van der Waals surface area contributed by atoms with Gasteiger partial charge in [-0.3, -0.25) is 9.97 Å². The number of aromatic carboxylic acids is 1. The number of aromatic nitrogens is 3. The van der Waals surface area contributed by atoms with Crippen molar-refractivity contribution >= 4 is 11.8 Å². The van der Waals surface area contributed by atoms with Crippen molar-refractivity contribution in [3.8, 4) is 0 Å². The fraction of sp³-hybridized carbons (Fsp3) is 0.286. The van der Waals surface area contributed by atoms with Gasteiger partial charge in [-0.15, -0.1) is 0 Å². The molecule has 2 aromatic rings. The highest BCUT2D eigenvalue weighted by molar-refractivity contribution is 5.88. The molecular formula is C14H16N4O2. The average Bonchev–Trinajstić information content (AvgIpc) is 2.46. The molecule has 0 saturated heterocycles. The Morgan fingerprint density at radius 2 is 2.05 bits per heavy atom. The van der Waals surface area contributed by atoms with Crippen LogP contribution in [0.1, 0.15) is 34.4 Å². The lowest BCUT2D eigenvalue weighted by Gasteiger charge is -2.08. The molecule has 20 heavy (non-hydrogen) atoms. The van der Waals surface area contributed by atoms with Gasteiger partial charge >= 0.3 is 5.97 Å². The third-order valence-corrected chi connectivity index (χ3v) is 2.77. The molecule has 2 aromatic heterocycles. The van der Waals surface area contributed by atoms with Crippen LogP contribution >= 0.6 is 0 Å². The van der Waals surface area contributed by atoms with E-state index in [0.717, 1.165) is 17.1 Å². The molecule has 0 fully saturated rings. The van der Waals surface area contributed by atoms with Crippen LogP contribution in [0.25, 0.3) is 0 Å². The minimum absolute atomic E-state index is 0.231. The number of carbonyl (C=O) groups is 1. The van der Waals surface area contributed by atoms with Gasteiger partial charge in [0.2, 0.25) is 0 Å². The molecule has 0 unspecified atom stereocenters. The molecule has 0 aliphatic carbocycles. The van der Waals surface area contributed by atoms with Gasteiger partial charge in [0.1, 0.15) is 5.82 Å². The molecule has 0 saturated carbocycles. The summed E-state index contributed by atoms with van der Waals surface area (Å²) < 4.78 is 0. The molecule has 6 heteroatoms. The van der Waals surface area contributed by atoms with Crippen LogP contribution < -0.4 is 5.32 Å². The molecular weight excluding hydrogens is 256 g/mol. The third kappa shape index (κ3) is 3.50. The van der Waals surface area contributed by atoms with E-state index in [-0.39, 0.29) is 5.56 Å². The molecule has 0 aliphatic heterocycles. The minimum Gasteiger partial charge on any atom is -0.478 e. The maximum Gasteiger partial charge on any atom is 0.335 e. The molecule has 0 bridgehead atoms. The summed E-state index contributed by atoms with van der Waals surface area (Å²) in [6.07, 6.45) is 4.06. The Hall–Kier alpha value is -2.50. The van der Waals surface area contributed by atoms with E-state index in [9.17, 15) is 4.79 Å². The second kappa shape index (κ2) is 6.10. The lowest BCUT2D eigenvalue weighted by atomic mass is 10.2. The van der Waals surface area contributed by atoms with Crippen LogP contribution in [-0.2, 0) is 13.0 Å². The lowest BCUT2D eigenvalue weighted by Crippen LogP contribution is -2.07. The highest BCUT2D eigenvalue weighted by atomic mass is 16.4. The number of nitrogens with one attached hydrogen (secondary N) is 1. The normalized spacial score (nSPS) is 10.3. The number of anilines is 1. The number of hydrogen-bond acceptors (Lipinski definition) is 5. The minimum atomic E-state index is -0.958. The summed E-state index contributed by atoms with van der Waals surface area (Å²) in [5, 5.41) is 12.1. The maximum absolute atomic E-state index is 11.1. The Kier molecular flexibility index (Phi) is 4.24. The topological polar surface area (TPSA) is 88.0 Å². The van der Waals surface area contributed by atoms with Crippen molar-refractivity contribution in [1.82, 2.24) is 15.0 Å². The predicted molar refractivity (Wildman–Crippen MR) is 74.7 cm³/mol. The van der Waals surface area contributed by atoms with E-state index < -0.39 is 5.97 Å². The number of carboxylic acids is 1. The van der Waals surface area contributed by atoms with Crippen LogP contribution in [0.3, 0.4) is 0 Å². The summed E-state index contributed by atoms with van der Waals surface area (Å²) in [7, 11) is 0. The van der Waals surface area contributed by atoms with E-state index in [4.69, 9.17) is 5.11 Å². The largest absolute Gasteiger partial charge is 0.478 e. The lowest BCUT2D eigenvalue weighted by molar-refractivity contribution is 0.0696. The zero-order valence-corrected chi connectivity index (χ0v) is 11.4. The fourth-order valence-electron chi connectivity index (χ4n) is 1.67. The number of carboxylic acid groups (broad SMARTS) is 1. The smallest absolute Gasteiger partial charge is 0.335 e. The van der Waals surface area contributed by atoms with Gasteiger partial charge in [0.05, 0.1) is 29.7 Å². The third-order valence-electron chi connectivity index (χ3n) is 2.77. The molecule has 0 amide bonds. The zero-order chi connectivity index (χ0) is 14.5. The summed E-state index contributed by atoms with van der Waals surface area (Å²) in [4.78, 5) is 23.8. The molecule has 0 spiro atoms. The van der Waals surface area contributed by atoms with Crippen molar-refractivity contribution in [2.24, 2.45) is 0 Å². The van der Waals surface area contributed by atoms with Crippen LogP contribution in [0.5, 0.6) is 0 Å². The van der Waals surface area contributed by atoms with Crippen molar-refractivity contribution in [3.63, 3.8) is 0 Å². The molecule has 104 valence electrons. The summed E-state index contributed by atoms with van der Waals surface area (Å²) in [6, 6.07) is 3.10. The molecule has 2 rings (SSSR count). The first kappa shape index (κ1) is 13.9. The van der Waals surface area contributed by atoms with Crippen LogP contribution in [0.2, 0.25) is 0 Å². The van der Waals surface area contributed by atoms with Crippen molar-refractivity contribution in [3.05, 3.63) is 47.2 Å². The standard InChI is InChI=1S/C14H16N4O2/c1-3-11-4-10(14(19)20)5-13(18-11)17-8-12-7-15-9(2)6-16-12/h4-7H,3,8H2,1-2H3,(H,17,18)(H,19,20). The van der Waals surface area contributed by atoms with E-state index in [2.05, 4.69) is 20.3 Å². The number of rotatable bonds is 5. The van der Waals surface area contributed by atoms with E-state index in [0.29, 0.717) is 18.8 Å². The SMILES string of the molecule is CCc1cc(C(=O)O)cc(NCc2cnc(C)cn2)n1. The quantitative estimate of drug-likeness (QED) is 0.866. The maximum atomic E-state index is 11.1. The van der Waals surface area contributed by atoms with Gasteiger partial charge in [-0.2, -0.15) is 0 Å². The number of aryl methyl sites for hydroxylation is 2. The predicted octanol–water partition coefficient (Wildman–Crippen LogP) is 2.05. The summed E-state index contributed by atoms with van der Waals surface area (Å²) in [5.41, 5.74) is 2.60. The van der Waals surface area contributed by atoms with Gasteiger partial charge < -0.3 is 10.4 Å². The number of hydrogen-bond donors (Lipinski definition) is 2. The highest BCUT2D eigenvalue weighted by Crippen LogP contribution is 2.12. The molecule has 0 aromatic carbocycles. The molecule has 2 heterocycles. The number of pyridine rings is 1. The van der Waals surface area contributed by atoms with Crippen molar-refractivity contribution in [2.45, 2.75) is 26.8 Å². The van der Waals surface area contributed by atoms with Gasteiger partial charge in [-0.1, -0.05) is 6.92 Å². The van der Waals surface area contributed by atoms with Gasteiger partial charge in [-0.25, -0.2) is 9.78 Å².